The van der Waals surface area contributed by atoms with E-state index < -0.39 is 6.61 Å². The van der Waals surface area contributed by atoms with Gasteiger partial charge in [0.15, 0.2) is 0 Å². The fourth-order valence-corrected chi connectivity index (χ4v) is 1.90. The molecular formula is C14H17F2NO2. The molecule has 0 aromatic heterocycles. The van der Waals surface area contributed by atoms with Crippen LogP contribution in [0.2, 0.25) is 0 Å². The van der Waals surface area contributed by atoms with Crippen LogP contribution in [-0.4, -0.2) is 19.3 Å². The Morgan fingerprint density at radius 1 is 1.32 bits per heavy atom. The number of nitrogens with one attached hydrogen (secondary N) is 1. The highest BCUT2D eigenvalue weighted by Gasteiger charge is 2.10. The van der Waals surface area contributed by atoms with E-state index in [0.717, 1.165) is 24.9 Å². The standard InChI is InChI=1S/C14H17F2NO2/c15-14(16)19-12-6-4-11(5-7-12)9-17-10-13-3-1-2-8-18-13/h2,4-8,13-14,17H,1,3,9-10H2. The van der Waals surface area contributed by atoms with Gasteiger partial charge in [-0.25, -0.2) is 0 Å². The zero-order valence-corrected chi connectivity index (χ0v) is 10.5. The van der Waals surface area contributed by atoms with E-state index in [9.17, 15) is 8.78 Å². The SMILES string of the molecule is FC(F)Oc1ccc(CNCC2CCC=CO2)cc1. The number of benzene rings is 1. The van der Waals surface area contributed by atoms with Crippen LogP contribution in [0.4, 0.5) is 8.78 Å². The lowest BCUT2D eigenvalue weighted by molar-refractivity contribution is -0.0498. The fraction of sp³-hybridized carbons (Fsp3) is 0.429. The normalized spacial score (nSPS) is 18.4. The number of alkyl halides is 2. The van der Waals surface area contributed by atoms with Gasteiger partial charge in [-0.05, 0) is 36.6 Å². The van der Waals surface area contributed by atoms with Gasteiger partial charge in [0.05, 0.1) is 6.26 Å². The fourth-order valence-electron chi connectivity index (χ4n) is 1.90. The second-order valence-electron chi connectivity index (χ2n) is 4.36. The van der Waals surface area contributed by atoms with Gasteiger partial charge in [-0.3, -0.25) is 0 Å². The van der Waals surface area contributed by atoms with Gasteiger partial charge in [0.2, 0.25) is 0 Å². The van der Waals surface area contributed by atoms with Crippen molar-refractivity contribution in [2.45, 2.75) is 32.1 Å². The molecule has 1 N–H and O–H groups in total. The van der Waals surface area contributed by atoms with Gasteiger partial charge in [0.1, 0.15) is 11.9 Å². The van der Waals surface area contributed by atoms with Gasteiger partial charge < -0.3 is 14.8 Å². The number of halogens is 2. The Kier molecular flexibility index (Phi) is 5.15. The van der Waals surface area contributed by atoms with Gasteiger partial charge in [0, 0.05) is 13.1 Å². The van der Waals surface area contributed by atoms with Crippen molar-refractivity contribution in [2.75, 3.05) is 6.54 Å². The van der Waals surface area contributed by atoms with E-state index >= 15 is 0 Å². The molecule has 19 heavy (non-hydrogen) atoms. The van der Waals surface area contributed by atoms with Gasteiger partial charge in [-0.15, -0.1) is 0 Å². The summed E-state index contributed by atoms with van der Waals surface area (Å²) in [6, 6.07) is 6.63. The highest BCUT2D eigenvalue weighted by molar-refractivity contribution is 5.27. The van der Waals surface area contributed by atoms with Crippen molar-refractivity contribution in [3.8, 4) is 5.75 Å². The largest absolute Gasteiger partial charge is 0.497 e. The monoisotopic (exact) mass is 269 g/mol. The predicted octanol–water partition coefficient (Wildman–Crippen LogP) is 3.07. The number of ether oxygens (including phenoxy) is 2. The molecule has 3 nitrogen and oxygen atoms in total. The quantitative estimate of drug-likeness (QED) is 0.861. The first-order valence-corrected chi connectivity index (χ1v) is 6.29. The lowest BCUT2D eigenvalue weighted by Gasteiger charge is -2.19. The van der Waals surface area contributed by atoms with Gasteiger partial charge in [-0.2, -0.15) is 8.78 Å². The maximum absolute atomic E-state index is 12.0. The number of hydrogen-bond acceptors (Lipinski definition) is 3. The van der Waals surface area contributed by atoms with Crippen molar-refractivity contribution in [3.05, 3.63) is 42.2 Å². The first kappa shape index (κ1) is 13.8. The molecule has 0 saturated carbocycles. The lowest BCUT2D eigenvalue weighted by Crippen LogP contribution is -2.28. The molecule has 1 aliphatic rings. The molecule has 0 radical (unpaired) electrons. The summed E-state index contributed by atoms with van der Waals surface area (Å²) in [6.45, 7) is -1.32. The number of hydrogen-bond donors (Lipinski definition) is 1. The molecule has 1 unspecified atom stereocenters. The van der Waals surface area contributed by atoms with Crippen LogP contribution in [0.3, 0.4) is 0 Å². The summed E-state index contributed by atoms with van der Waals surface area (Å²) in [5, 5.41) is 3.28. The van der Waals surface area contributed by atoms with Crippen molar-refractivity contribution in [1.29, 1.82) is 0 Å². The van der Waals surface area contributed by atoms with E-state index in [0.29, 0.717) is 6.54 Å². The Morgan fingerprint density at radius 3 is 2.74 bits per heavy atom. The van der Waals surface area contributed by atoms with Crippen LogP contribution >= 0.6 is 0 Å². The number of rotatable bonds is 6. The van der Waals surface area contributed by atoms with E-state index in [1.165, 1.54) is 0 Å². The molecule has 0 fully saturated rings. The summed E-state index contributed by atoms with van der Waals surface area (Å²) in [5.74, 6) is 0.180. The molecule has 1 atom stereocenters. The molecule has 0 amide bonds. The third-order valence-electron chi connectivity index (χ3n) is 2.87. The van der Waals surface area contributed by atoms with Gasteiger partial charge in [0.25, 0.3) is 0 Å². The molecule has 1 heterocycles. The summed E-state index contributed by atoms with van der Waals surface area (Å²) in [7, 11) is 0. The summed E-state index contributed by atoms with van der Waals surface area (Å²) in [6.07, 6.45) is 6.03. The van der Waals surface area contributed by atoms with E-state index in [1.54, 1.807) is 30.5 Å². The molecule has 1 aliphatic heterocycles. The van der Waals surface area contributed by atoms with Crippen molar-refractivity contribution in [2.24, 2.45) is 0 Å². The summed E-state index contributed by atoms with van der Waals surface area (Å²) in [4.78, 5) is 0. The lowest BCUT2D eigenvalue weighted by atomic mass is 10.1. The third-order valence-corrected chi connectivity index (χ3v) is 2.87. The average Bonchev–Trinajstić information content (AvgIpc) is 2.41. The third kappa shape index (κ3) is 4.87. The van der Waals surface area contributed by atoms with E-state index in [1.807, 2.05) is 6.08 Å². The molecule has 104 valence electrons. The predicted molar refractivity (Wildman–Crippen MR) is 68.0 cm³/mol. The molecule has 1 aromatic carbocycles. The summed E-state index contributed by atoms with van der Waals surface area (Å²) < 4.78 is 33.7. The van der Waals surface area contributed by atoms with Crippen molar-refractivity contribution in [3.63, 3.8) is 0 Å². The minimum Gasteiger partial charge on any atom is -0.497 e. The van der Waals surface area contributed by atoms with Gasteiger partial charge in [-0.1, -0.05) is 12.1 Å². The molecule has 0 saturated heterocycles. The molecule has 5 heteroatoms. The second kappa shape index (κ2) is 7.09. The van der Waals surface area contributed by atoms with Crippen LogP contribution < -0.4 is 10.1 Å². The Balaban J connectivity index is 1.72. The molecule has 1 aromatic rings. The van der Waals surface area contributed by atoms with E-state index in [-0.39, 0.29) is 11.9 Å². The zero-order valence-electron chi connectivity index (χ0n) is 10.5. The average molecular weight is 269 g/mol. The van der Waals surface area contributed by atoms with Gasteiger partial charge >= 0.3 is 6.61 Å². The first-order chi connectivity index (χ1) is 9.24. The topological polar surface area (TPSA) is 30.5 Å². The van der Waals surface area contributed by atoms with Crippen LogP contribution in [0.1, 0.15) is 18.4 Å². The summed E-state index contributed by atoms with van der Waals surface area (Å²) in [5.41, 5.74) is 1.02. The van der Waals surface area contributed by atoms with Crippen LogP contribution in [0.15, 0.2) is 36.6 Å². The Labute approximate surface area is 111 Å². The molecule has 0 spiro atoms. The minimum atomic E-state index is -2.78. The summed E-state index contributed by atoms with van der Waals surface area (Å²) >= 11 is 0. The first-order valence-electron chi connectivity index (χ1n) is 6.29. The smallest absolute Gasteiger partial charge is 0.387 e. The van der Waals surface area contributed by atoms with Crippen LogP contribution in [0.5, 0.6) is 5.75 Å². The molecule has 2 rings (SSSR count). The van der Waals surface area contributed by atoms with Crippen molar-refractivity contribution < 1.29 is 18.3 Å². The number of allylic oxidation sites excluding steroid dienone is 1. The molecular weight excluding hydrogens is 252 g/mol. The van der Waals surface area contributed by atoms with Crippen molar-refractivity contribution in [1.82, 2.24) is 5.32 Å². The van der Waals surface area contributed by atoms with E-state index in [2.05, 4.69) is 10.1 Å². The highest BCUT2D eigenvalue weighted by atomic mass is 19.3. The zero-order chi connectivity index (χ0) is 13.5. The van der Waals surface area contributed by atoms with E-state index in [4.69, 9.17) is 4.74 Å². The van der Waals surface area contributed by atoms with Crippen LogP contribution in [0, 0.1) is 0 Å². The Hall–Kier alpha value is -1.62. The van der Waals surface area contributed by atoms with Crippen LogP contribution in [-0.2, 0) is 11.3 Å². The minimum absolute atomic E-state index is 0.180. The Morgan fingerprint density at radius 2 is 2.11 bits per heavy atom. The van der Waals surface area contributed by atoms with Crippen LogP contribution in [0.25, 0.3) is 0 Å². The van der Waals surface area contributed by atoms with Crippen molar-refractivity contribution >= 4 is 0 Å². The Bertz CT molecular complexity index is 406. The molecule has 0 aliphatic carbocycles. The highest BCUT2D eigenvalue weighted by Crippen LogP contribution is 2.15. The maximum atomic E-state index is 12.0. The second-order valence-corrected chi connectivity index (χ2v) is 4.36. The maximum Gasteiger partial charge on any atom is 0.387 e. The molecule has 0 bridgehead atoms.